The molecule has 6 aromatic carbocycles. The van der Waals surface area contributed by atoms with Gasteiger partial charge in [-0.15, -0.1) is 0 Å². The zero-order valence-corrected chi connectivity index (χ0v) is 65.7. The van der Waals surface area contributed by atoms with E-state index in [4.69, 9.17) is 0 Å². The Bertz CT molecular complexity index is 5370. The van der Waals surface area contributed by atoms with Crippen molar-refractivity contribution in [1.29, 1.82) is 0 Å². The molecule has 0 spiro atoms. The van der Waals surface area contributed by atoms with Crippen LogP contribution in [0.5, 0.6) is 0 Å². The van der Waals surface area contributed by atoms with Gasteiger partial charge in [-0.05, 0) is 251 Å². The van der Waals surface area contributed by atoms with Crippen LogP contribution in [0.3, 0.4) is 0 Å². The number of aryl methyl sites for hydroxylation is 4. The molecule has 572 valence electrons. The van der Waals surface area contributed by atoms with Gasteiger partial charge in [-0.2, -0.15) is 0 Å². The second-order valence-electron chi connectivity index (χ2n) is 34.4. The number of benzene rings is 6. The van der Waals surface area contributed by atoms with Crippen LogP contribution in [0.25, 0.3) is 43.6 Å². The minimum atomic E-state index is -1.07. The Balaban J connectivity index is 0.000000107. The van der Waals surface area contributed by atoms with E-state index < -0.39 is 23.4 Å². The van der Waals surface area contributed by atoms with Crippen LogP contribution in [0.2, 0.25) is 0 Å². The minimum Gasteiger partial charge on any atom is -0.387 e. The SMILES string of the molecule is Cc1ccc2c(c1)c1c(n2CC(C)(O)c2ccc(F)cc2)CC2CCC1N2C.Cc1ccc2c(c1)c1c(n2CC(C)(O)c2cccnc2)CC2CCC1N2C.Cc1ccc2c(c1)c1c(n2CC(O)c2ccc(F)cc2)CN(C)C2CCCC12.Cc1ccc2c(c1)c1c(n2CC(O)c2ccncc2)CN(C)C2CCCC12. The fraction of sp³-hybridized carbons (Fsp3) is 0.426. The lowest BCUT2D eigenvalue weighted by molar-refractivity contribution is 0.0375. The molecule has 6 aromatic heterocycles. The Hall–Kier alpha value is -8.68. The van der Waals surface area contributed by atoms with Crippen molar-refractivity contribution in [1.82, 2.24) is 47.8 Å². The number of likely N-dealkylation sites (N-methyl/N-ethyl adjacent to an activating group) is 4. The molecule has 16 heteroatoms. The zero-order chi connectivity index (χ0) is 76.3. The van der Waals surface area contributed by atoms with E-state index >= 15 is 0 Å². The fourth-order valence-corrected chi connectivity index (χ4v) is 21.4. The molecule has 6 aliphatic heterocycles. The largest absolute Gasteiger partial charge is 0.387 e. The van der Waals surface area contributed by atoms with Crippen molar-refractivity contribution >= 4 is 43.6 Å². The summed E-state index contributed by atoms with van der Waals surface area (Å²) in [5, 5.41) is 49.8. The molecule has 20 rings (SSSR count). The molecular formula is C94H108F2N10O4. The van der Waals surface area contributed by atoms with Gasteiger partial charge in [0.25, 0.3) is 0 Å². The number of aromatic nitrogens is 6. The molecule has 8 aliphatic rings. The Morgan fingerprint density at radius 3 is 1.25 bits per heavy atom. The number of hydrogen-bond acceptors (Lipinski definition) is 10. The van der Waals surface area contributed by atoms with Crippen molar-refractivity contribution in [2.75, 3.05) is 28.2 Å². The molecule has 12 heterocycles. The number of halogens is 2. The van der Waals surface area contributed by atoms with Crippen molar-refractivity contribution in [3.8, 4) is 0 Å². The molecule has 12 atom stereocenters. The van der Waals surface area contributed by atoms with E-state index in [0.29, 0.717) is 74.3 Å². The number of rotatable bonds is 12. The first-order chi connectivity index (χ1) is 53.0. The van der Waals surface area contributed by atoms with Crippen LogP contribution in [0.15, 0.2) is 170 Å². The molecule has 0 radical (unpaired) electrons. The van der Waals surface area contributed by atoms with Crippen LogP contribution >= 0.6 is 0 Å². The van der Waals surface area contributed by atoms with E-state index in [9.17, 15) is 29.2 Å². The highest BCUT2D eigenvalue weighted by atomic mass is 19.1. The molecule has 2 saturated heterocycles. The van der Waals surface area contributed by atoms with Crippen molar-refractivity contribution in [3.63, 3.8) is 0 Å². The van der Waals surface area contributed by atoms with E-state index in [2.05, 4.69) is 177 Å². The molecule has 110 heavy (non-hydrogen) atoms. The zero-order valence-electron chi connectivity index (χ0n) is 65.7. The maximum Gasteiger partial charge on any atom is 0.123 e. The van der Waals surface area contributed by atoms with Gasteiger partial charge < -0.3 is 38.7 Å². The minimum absolute atomic E-state index is 0.274. The summed E-state index contributed by atoms with van der Waals surface area (Å²) in [7, 11) is 9.02. The molecular weight excluding hydrogens is 1370 g/mol. The third-order valence-corrected chi connectivity index (χ3v) is 27.1. The number of hydrogen-bond donors (Lipinski definition) is 4. The number of aliphatic hydroxyl groups excluding tert-OH is 2. The predicted molar refractivity (Wildman–Crippen MR) is 435 cm³/mol. The molecule has 14 nitrogen and oxygen atoms in total. The lowest BCUT2D eigenvalue weighted by Gasteiger charge is -2.36. The summed E-state index contributed by atoms with van der Waals surface area (Å²) in [6.45, 7) is 16.3. The smallest absolute Gasteiger partial charge is 0.123 e. The maximum absolute atomic E-state index is 13.4. The van der Waals surface area contributed by atoms with Gasteiger partial charge in [0.15, 0.2) is 0 Å². The van der Waals surface area contributed by atoms with Crippen molar-refractivity contribution in [3.05, 3.63) is 272 Å². The average molecular weight is 1480 g/mol. The van der Waals surface area contributed by atoms with Gasteiger partial charge in [-0.3, -0.25) is 29.6 Å². The summed E-state index contributed by atoms with van der Waals surface area (Å²) < 4.78 is 36.0. The Morgan fingerprint density at radius 2 is 0.827 bits per heavy atom. The molecule has 4 N–H and O–H groups in total. The molecule has 2 aliphatic carbocycles. The van der Waals surface area contributed by atoms with Crippen LogP contribution in [0.1, 0.15) is 204 Å². The van der Waals surface area contributed by atoms with E-state index in [1.54, 1.807) is 54.6 Å². The van der Waals surface area contributed by atoms with Crippen LogP contribution in [0, 0.1) is 39.3 Å². The summed E-state index contributed by atoms with van der Waals surface area (Å²) in [4.78, 5) is 18.4. The van der Waals surface area contributed by atoms with E-state index in [1.165, 1.54) is 194 Å². The van der Waals surface area contributed by atoms with E-state index in [1.807, 2.05) is 38.1 Å². The Morgan fingerprint density at radius 1 is 0.427 bits per heavy atom. The van der Waals surface area contributed by atoms with Crippen molar-refractivity contribution < 1.29 is 29.2 Å². The predicted octanol–water partition coefficient (Wildman–Crippen LogP) is 17.7. The second-order valence-corrected chi connectivity index (χ2v) is 34.4. The van der Waals surface area contributed by atoms with Crippen molar-refractivity contribution in [2.45, 2.75) is 229 Å². The monoisotopic (exact) mass is 1480 g/mol. The van der Waals surface area contributed by atoms with Gasteiger partial charge >= 0.3 is 0 Å². The first-order valence-electron chi connectivity index (χ1n) is 40.4. The maximum atomic E-state index is 13.4. The highest BCUT2D eigenvalue weighted by Gasteiger charge is 2.46. The number of aliphatic hydroxyl groups is 4. The van der Waals surface area contributed by atoms with Crippen molar-refractivity contribution in [2.24, 2.45) is 0 Å². The third kappa shape index (κ3) is 13.4. The topological polar surface area (TPSA) is 139 Å². The Kier molecular flexibility index (Phi) is 19.8. The van der Waals surface area contributed by atoms with Crippen LogP contribution in [-0.2, 0) is 63.3 Å². The fourth-order valence-electron chi connectivity index (χ4n) is 21.4. The highest BCUT2D eigenvalue weighted by Crippen LogP contribution is 2.52. The van der Waals surface area contributed by atoms with Gasteiger partial charge in [0, 0.05) is 171 Å². The standard InChI is InChI=1S/2C24H27FN2O.2C23H27N3O/c1-15-4-10-20-19(12-15)23-21-11-9-18(26(21)3)13-22(23)27(20)14-24(2,28)16-5-7-17(25)8-6-16;1-15-6-11-21-19(12-15)24-18-4-3-5-20(18)26(2)13-22(24)27(21)14-23(28)16-7-9-17(25)10-8-16;1-15-6-8-19-18(11-15)22-20-9-7-17(25(20)3)12-21(22)26(19)14-23(2,27)16-5-4-10-24-13-16;1-15-6-7-20-18(12-15)23-17-4-3-5-19(17)25(2)13-21(23)26(20)14-22(27)16-8-10-24-11-9-16/h4-8,10,12,18,21,28H,9,11,13-14H2,1-3H3;6-12,18,20,23,28H,3-5,13-14H2,1-2H3;4-6,8,10-11,13,17,20,27H,7,9,12,14H2,1-3H3;6-12,17,19,22,27H,3-5,13-14H2,1-2H3. The van der Waals surface area contributed by atoms with Gasteiger partial charge in [0.1, 0.15) is 22.8 Å². The summed E-state index contributed by atoms with van der Waals surface area (Å²) in [6.07, 6.45) is 20.6. The normalized spacial score (nSPS) is 23.6. The third-order valence-electron chi connectivity index (χ3n) is 27.1. The lowest BCUT2D eigenvalue weighted by Crippen LogP contribution is -2.38. The number of pyridine rings is 2. The lowest BCUT2D eigenvalue weighted by atomic mass is 9.87. The molecule has 4 bridgehead atoms. The van der Waals surface area contributed by atoms with E-state index in [0.717, 1.165) is 48.2 Å². The molecule has 2 saturated carbocycles. The van der Waals surface area contributed by atoms with Gasteiger partial charge in [0.05, 0.1) is 38.4 Å². The van der Waals surface area contributed by atoms with Crippen LogP contribution in [0.4, 0.5) is 8.78 Å². The summed E-state index contributed by atoms with van der Waals surface area (Å²) in [6, 6.07) is 50.4. The summed E-state index contributed by atoms with van der Waals surface area (Å²) in [5.41, 5.74) is 22.8. The highest BCUT2D eigenvalue weighted by molar-refractivity contribution is 5.90. The number of fused-ring (bicyclic) bond motifs is 22. The molecule has 12 aromatic rings. The summed E-state index contributed by atoms with van der Waals surface area (Å²) in [5.74, 6) is 0.659. The van der Waals surface area contributed by atoms with Crippen LogP contribution in [-0.4, -0.2) is 121 Å². The first-order valence-corrected chi connectivity index (χ1v) is 40.4. The van der Waals surface area contributed by atoms with Gasteiger partial charge in [0.2, 0.25) is 0 Å². The van der Waals surface area contributed by atoms with Crippen LogP contribution < -0.4 is 0 Å². The summed E-state index contributed by atoms with van der Waals surface area (Å²) >= 11 is 0. The van der Waals surface area contributed by atoms with Gasteiger partial charge in [-0.1, -0.05) is 89.7 Å². The molecule has 4 fully saturated rings. The first kappa shape index (κ1) is 74.1. The second kappa shape index (κ2) is 29.4. The molecule has 12 unspecified atom stereocenters. The average Bonchev–Trinajstić information content (AvgIpc) is 1.59. The van der Waals surface area contributed by atoms with E-state index in [-0.39, 0.29) is 11.6 Å². The molecule has 0 amide bonds. The van der Waals surface area contributed by atoms with Gasteiger partial charge in [-0.25, -0.2) is 8.78 Å². The Labute approximate surface area is 646 Å². The number of nitrogens with zero attached hydrogens (tertiary/aromatic N) is 10. The quantitative estimate of drug-likeness (QED) is 0.0935.